The van der Waals surface area contributed by atoms with Crippen LogP contribution in [0.3, 0.4) is 0 Å². The van der Waals surface area contributed by atoms with Crippen molar-refractivity contribution in [1.29, 1.82) is 0 Å². The fraction of sp³-hybridized carbons (Fsp3) is 0.455. The van der Waals surface area contributed by atoms with Gasteiger partial charge in [0.2, 0.25) is 10.0 Å². The molecule has 2 N–H and O–H groups in total. The van der Waals surface area contributed by atoms with Crippen molar-refractivity contribution in [3.63, 3.8) is 0 Å². The maximum absolute atomic E-state index is 11.2. The molecule has 1 rings (SSSR count). The van der Waals surface area contributed by atoms with Crippen LogP contribution in [-0.4, -0.2) is 15.0 Å². The van der Waals surface area contributed by atoms with Gasteiger partial charge in [0.1, 0.15) is 10.6 Å². The average molecular weight is 312 g/mol. The van der Waals surface area contributed by atoms with Crippen LogP contribution in [-0.2, 0) is 10.0 Å². The third-order valence-corrected chi connectivity index (χ3v) is 3.92. The molecular weight excluding hydrogens is 297 g/mol. The highest BCUT2D eigenvalue weighted by Gasteiger charge is 2.16. The van der Waals surface area contributed by atoms with Gasteiger partial charge in [-0.25, -0.2) is 13.6 Å². The van der Waals surface area contributed by atoms with E-state index in [2.05, 4.69) is 13.8 Å². The minimum absolute atomic E-state index is 0.00134. The second-order valence-electron chi connectivity index (χ2n) is 4.29. The second-order valence-corrected chi connectivity index (χ2v) is 6.63. The van der Waals surface area contributed by atoms with Gasteiger partial charge in [-0.15, -0.1) is 0 Å². The van der Waals surface area contributed by atoms with Crippen LogP contribution >= 0.6 is 23.2 Å². The van der Waals surface area contributed by atoms with Gasteiger partial charge >= 0.3 is 0 Å². The lowest BCUT2D eigenvalue weighted by molar-refractivity contribution is 0.289. The van der Waals surface area contributed by atoms with E-state index < -0.39 is 10.0 Å². The molecule has 0 bridgehead atoms. The number of sulfonamides is 1. The number of halogens is 2. The van der Waals surface area contributed by atoms with E-state index in [-0.39, 0.29) is 14.9 Å². The number of primary sulfonamides is 1. The van der Waals surface area contributed by atoms with Crippen molar-refractivity contribution in [2.45, 2.75) is 25.2 Å². The maximum atomic E-state index is 11.2. The van der Waals surface area contributed by atoms with Gasteiger partial charge in [-0.3, -0.25) is 0 Å². The highest BCUT2D eigenvalue weighted by Crippen LogP contribution is 2.33. The Hall–Kier alpha value is -0.490. The summed E-state index contributed by atoms with van der Waals surface area (Å²) in [6, 6.07) is 2.56. The SMILES string of the molecule is CC(C)CCOc1cc(Cl)c(S(N)(=O)=O)cc1Cl. The minimum Gasteiger partial charge on any atom is -0.492 e. The van der Waals surface area contributed by atoms with Crippen LogP contribution in [0.25, 0.3) is 0 Å². The largest absolute Gasteiger partial charge is 0.492 e. The molecule has 0 aliphatic rings. The smallest absolute Gasteiger partial charge is 0.239 e. The maximum Gasteiger partial charge on any atom is 0.239 e. The third kappa shape index (κ3) is 4.31. The molecule has 7 heteroatoms. The van der Waals surface area contributed by atoms with Gasteiger partial charge in [0.15, 0.2) is 0 Å². The quantitative estimate of drug-likeness (QED) is 0.908. The lowest BCUT2D eigenvalue weighted by Gasteiger charge is -2.11. The summed E-state index contributed by atoms with van der Waals surface area (Å²) >= 11 is 11.7. The fourth-order valence-corrected chi connectivity index (χ4v) is 2.62. The molecule has 1 aromatic rings. The van der Waals surface area contributed by atoms with Gasteiger partial charge in [-0.05, 0) is 18.4 Å². The molecule has 0 fully saturated rings. The molecule has 0 radical (unpaired) electrons. The minimum atomic E-state index is -3.88. The van der Waals surface area contributed by atoms with Gasteiger partial charge < -0.3 is 4.74 Å². The molecule has 0 unspecified atom stereocenters. The van der Waals surface area contributed by atoms with E-state index in [1.807, 2.05) is 0 Å². The van der Waals surface area contributed by atoms with Crippen molar-refractivity contribution in [1.82, 2.24) is 0 Å². The van der Waals surface area contributed by atoms with Gasteiger partial charge in [0, 0.05) is 6.07 Å². The molecule has 0 amide bonds. The Kier molecular flexibility index (Phi) is 5.28. The molecule has 0 heterocycles. The Morgan fingerprint density at radius 3 is 2.39 bits per heavy atom. The standard InChI is InChI=1S/C11H15Cl2NO3S/c1-7(2)3-4-17-10-5-9(13)11(6-8(10)12)18(14,15)16/h5-7H,3-4H2,1-2H3,(H2,14,15,16). The predicted molar refractivity (Wildman–Crippen MR) is 72.8 cm³/mol. The van der Waals surface area contributed by atoms with Crippen LogP contribution in [0.1, 0.15) is 20.3 Å². The molecule has 0 aromatic heterocycles. The Labute approximate surface area is 117 Å². The average Bonchev–Trinajstić information content (AvgIpc) is 2.20. The number of hydrogen-bond donors (Lipinski definition) is 1. The van der Waals surface area contributed by atoms with E-state index in [0.29, 0.717) is 18.3 Å². The molecular formula is C11H15Cl2NO3S. The first kappa shape index (κ1) is 15.6. The predicted octanol–water partition coefficient (Wildman–Crippen LogP) is 3.07. The molecule has 4 nitrogen and oxygen atoms in total. The molecule has 0 saturated carbocycles. The monoisotopic (exact) mass is 311 g/mol. The van der Waals surface area contributed by atoms with E-state index in [1.54, 1.807) is 0 Å². The highest BCUT2D eigenvalue weighted by atomic mass is 35.5. The van der Waals surface area contributed by atoms with Crippen molar-refractivity contribution in [2.24, 2.45) is 11.1 Å². The molecule has 0 atom stereocenters. The summed E-state index contributed by atoms with van der Waals surface area (Å²) in [6.07, 6.45) is 0.866. The van der Waals surface area contributed by atoms with E-state index in [1.165, 1.54) is 12.1 Å². The number of benzene rings is 1. The van der Waals surface area contributed by atoms with Crippen LogP contribution in [0.4, 0.5) is 0 Å². The zero-order chi connectivity index (χ0) is 13.9. The van der Waals surface area contributed by atoms with Gasteiger partial charge in [0.25, 0.3) is 0 Å². The van der Waals surface area contributed by atoms with Gasteiger partial charge in [-0.2, -0.15) is 0 Å². The van der Waals surface area contributed by atoms with Crippen molar-refractivity contribution in [3.8, 4) is 5.75 Å². The molecule has 18 heavy (non-hydrogen) atoms. The first-order valence-electron chi connectivity index (χ1n) is 5.36. The highest BCUT2D eigenvalue weighted by molar-refractivity contribution is 7.89. The van der Waals surface area contributed by atoms with Crippen LogP contribution in [0.2, 0.25) is 10.0 Å². The normalized spacial score (nSPS) is 11.9. The Bertz CT molecular complexity index is 529. The Balaban J connectivity index is 2.94. The van der Waals surface area contributed by atoms with Crippen molar-refractivity contribution in [3.05, 3.63) is 22.2 Å². The third-order valence-electron chi connectivity index (χ3n) is 2.25. The molecule has 1 aromatic carbocycles. The molecule has 0 aliphatic heterocycles. The van der Waals surface area contributed by atoms with Gasteiger partial charge in [-0.1, -0.05) is 37.0 Å². The lowest BCUT2D eigenvalue weighted by Crippen LogP contribution is -2.13. The Morgan fingerprint density at radius 1 is 1.28 bits per heavy atom. The van der Waals surface area contributed by atoms with Crippen molar-refractivity contribution in [2.75, 3.05) is 6.61 Å². The van der Waals surface area contributed by atoms with E-state index in [0.717, 1.165) is 6.42 Å². The lowest BCUT2D eigenvalue weighted by atomic mass is 10.1. The summed E-state index contributed by atoms with van der Waals surface area (Å²) in [5, 5.41) is 5.18. The molecule has 0 aliphatic carbocycles. The van der Waals surface area contributed by atoms with Crippen molar-refractivity contribution < 1.29 is 13.2 Å². The summed E-state index contributed by atoms with van der Waals surface area (Å²) < 4.78 is 27.9. The molecule has 0 saturated heterocycles. The van der Waals surface area contributed by atoms with E-state index in [4.69, 9.17) is 33.1 Å². The van der Waals surface area contributed by atoms with Crippen LogP contribution in [0.15, 0.2) is 17.0 Å². The van der Waals surface area contributed by atoms with E-state index >= 15 is 0 Å². The zero-order valence-electron chi connectivity index (χ0n) is 10.1. The first-order chi connectivity index (χ1) is 8.21. The summed E-state index contributed by atoms with van der Waals surface area (Å²) in [4.78, 5) is -0.203. The van der Waals surface area contributed by atoms with Crippen LogP contribution < -0.4 is 9.88 Å². The Morgan fingerprint density at radius 2 is 1.89 bits per heavy atom. The number of ether oxygens (including phenoxy) is 1. The summed E-state index contributed by atoms with van der Waals surface area (Å²) in [5.41, 5.74) is 0. The molecule has 102 valence electrons. The molecule has 0 spiro atoms. The van der Waals surface area contributed by atoms with Crippen LogP contribution in [0.5, 0.6) is 5.75 Å². The van der Waals surface area contributed by atoms with E-state index in [9.17, 15) is 8.42 Å². The number of hydrogen-bond acceptors (Lipinski definition) is 3. The second kappa shape index (κ2) is 6.10. The zero-order valence-corrected chi connectivity index (χ0v) is 12.4. The fourth-order valence-electron chi connectivity index (χ4n) is 1.24. The van der Waals surface area contributed by atoms with Crippen molar-refractivity contribution >= 4 is 33.2 Å². The number of nitrogens with two attached hydrogens (primary N) is 1. The summed E-state index contributed by atoms with van der Waals surface area (Å²) in [5.74, 6) is 0.859. The summed E-state index contributed by atoms with van der Waals surface area (Å²) in [6.45, 7) is 4.63. The first-order valence-corrected chi connectivity index (χ1v) is 7.66. The van der Waals surface area contributed by atoms with Gasteiger partial charge in [0.05, 0.1) is 16.7 Å². The van der Waals surface area contributed by atoms with Crippen LogP contribution in [0, 0.1) is 5.92 Å². The number of rotatable bonds is 5. The summed E-state index contributed by atoms with van der Waals surface area (Å²) in [7, 11) is -3.88. The topological polar surface area (TPSA) is 69.4 Å².